The zero-order valence-electron chi connectivity index (χ0n) is 62.0. The van der Waals surface area contributed by atoms with Crippen LogP contribution < -0.4 is 4.72 Å². The van der Waals surface area contributed by atoms with Crippen molar-refractivity contribution in [3.05, 3.63) is 179 Å². The molecule has 0 spiro atoms. The number of nitrogens with zero attached hydrogens (tertiary/aromatic N) is 1. The highest BCUT2D eigenvalue weighted by Crippen LogP contribution is 2.21. The van der Waals surface area contributed by atoms with Crippen LogP contribution in [-0.4, -0.2) is 117 Å². The lowest BCUT2D eigenvalue weighted by Gasteiger charge is -2.19. The molecular formula is C71H132N2O13S5. The fourth-order valence-corrected chi connectivity index (χ4v) is 8.81. The van der Waals surface area contributed by atoms with Gasteiger partial charge >= 0.3 is 0 Å². The molecule has 0 radical (unpaired) electrons. The van der Waals surface area contributed by atoms with E-state index in [1.807, 2.05) is 209 Å². The van der Waals surface area contributed by atoms with Crippen LogP contribution >= 0.6 is 0 Å². The quantitative estimate of drug-likeness (QED) is 0.115. The molecule has 1 N–H and O–H groups in total. The summed E-state index contributed by atoms with van der Waals surface area (Å²) < 4.78 is 122. The van der Waals surface area contributed by atoms with Crippen LogP contribution in [-0.2, 0) is 63.0 Å². The summed E-state index contributed by atoms with van der Waals surface area (Å²) in [5.74, 6) is 0.264. The first-order valence-electron chi connectivity index (χ1n) is 31.8. The number of sulfonamides is 2. The van der Waals surface area contributed by atoms with Gasteiger partial charge in [-0.05, 0) is 58.8 Å². The van der Waals surface area contributed by atoms with Crippen molar-refractivity contribution in [2.45, 2.75) is 197 Å². The summed E-state index contributed by atoms with van der Waals surface area (Å²) in [6.45, 7) is 47.5. The maximum Gasteiger partial charge on any atom is 0.264 e. The number of aryl methyl sites for hydroxylation is 5. The Hall–Kier alpha value is -4.35. The lowest BCUT2D eigenvalue weighted by molar-refractivity contribution is 0.164. The van der Waals surface area contributed by atoms with Crippen LogP contribution in [0.4, 0.5) is 0 Å². The molecule has 534 valence electrons. The third-order valence-corrected chi connectivity index (χ3v) is 13.5. The lowest BCUT2D eigenvalue weighted by Crippen LogP contribution is -2.29. The average Bonchev–Trinajstić information content (AvgIpc) is 3.69. The van der Waals surface area contributed by atoms with Gasteiger partial charge < -0.3 is 0 Å². The largest absolute Gasteiger partial charge is 0.270 e. The summed E-state index contributed by atoms with van der Waals surface area (Å²) in [4.78, 5) is 0. The molecule has 0 amide bonds. The predicted molar refractivity (Wildman–Crippen MR) is 398 cm³/mol. The Balaban J connectivity index is -0.000000116. The third kappa shape index (κ3) is 105. The molecule has 1 saturated carbocycles. The van der Waals surface area contributed by atoms with E-state index in [1.165, 1.54) is 44.8 Å². The van der Waals surface area contributed by atoms with E-state index in [0.29, 0.717) is 19.6 Å². The highest BCUT2D eigenvalue weighted by Gasteiger charge is 2.18. The zero-order valence-corrected chi connectivity index (χ0v) is 66.0. The van der Waals surface area contributed by atoms with Crippen molar-refractivity contribution in [2.75, 3.05) is 64.1 Å². The molecule has 0 bridgehead atoms. The first-order chi connectivity index (χ1) is 42.3. The third-order valence-electron chi connectivity index (χ3n) is 9.47. The standard InChI is InChI=1S/C7H14O3S.5C7H8.C6H14O3S.C5H13NO2S.C5H12O3S.C3H9NO2S.5C2H6/c1-11(8,9)10-7-5-3-2-4-6-7;5*1-7-5-3-2-4-6-7;1-6(2,3)5-9-10(4,7)8;1-4-6(5-2)9(3,7)8;1-5(2)4-8-9(3,6)7;1-3-4-7(2,5)6;5*1-2/h7H,2-6H2,1H3;5*2-6H,1H3;5H2,1-4H3;4-5H2,1-3H3;5H,4H2,1-3H3;4H,3H2,1-2H3;5*1-2H3. The maximum absolute atomic E-state index is 10.7. The molecule has 5 aromatic rings. The summed E-state index contributed by atoms with van der Waals surface area (Å²) >= 11 is 0. The highest BCUT2D eigenvalue weighted by atomic mass is 32.2. The second-order valence-electron chi connectivity index (χ2n) is 20.4. The SMILES string of the molecule is CC.CC.CC.CC.CC.CC(C)(C)COS(C)(=O)=O.CC(C)COS(C)(=O)=O.CCN(CC)S(C)(=O)=O.CCNS(C)(=O)=O.CS(=O)(=O)OC1CCCCC1.Cc1ccccc1.Cc1ccccc1.Cc1ccccc1.Cc1ccccc1.Cc1ccccc1. The molecule has 1 aliphatic rings. The molecule has 1 fully saturated rings. The van der Waals surface area contributed by atoms with Gasteiger partial charge in [0.25, 0.3) is 30.4 Å². The number of hydrogen-bond acceptors (Lipinski definition) is 13. The molecule has 0 unspecified atom stereocenters. The number of benzene rings is 5. The minimum Gasteiger partial charge on any atom is -0.270 e. The molecule has 0 saturated heterocycles. The van der Waals surface area contributed by atoms with Gasteiger partial charge in [-0.25, -0.2) is 25.9 Å². The van der Waals surface area contributed by atoms with Gasteiger partial charge in [-0.1, -0.05) is 323 Å². The van der Waals surface area contributed by atoms with Gasteiger partial charge in [0.2, 0.25) is 20.0 Å². The summed E-state index contributed by atoms with van der Waals surface area (Å²) in [6.07, 6.45) is 10.7. The topological polar surface area (TPSA) is 214 Å². The van der Waals surface area contributed by atoms with Crippen LogP contribution in [0.15, 0.2) is 152 Å². The van der Waals surface area contributed by atoms with E-state index in [-0.39, 0.29) is 30.7 Å². The van der Waals surface area contributed by atoms with Gasteiger partial charge in [-0.2, -0.15) is 25.3 Å². The second-order valence-corrected chi connectivity index (χ2v) is 29.1. The summed E-state index contributed by atoms with van der Waals surface area (Å²) in [6, 6.07) is 51.3. The maximum atomic E-state index is 10.7. The van der Waals surface area contributed by atoms with Crippen molar-refractivity contribution in [2.24, 2.45) is 11.3 Å². The molecule has 6 rings (SSSR count). The first kappa shape index (κ1) is 105. The molecular weight excluding hydrogens is 1250 g/mol. The van der Waals surface area contributed by atoms with Crippen molar-refractivity contribution < 1.29 is 54.6 Å². The fourth-order valence-electron chi connectivity index (χ4n) is 5.58. The summed E-state index contributed by atoms with van der Waals surface area (Å²) in [7, 11) is -15.6. The first-order valence-corrected chi connectivity index (χ1v) is 41.0. The minimum absolute atomic E-state index is 0.0428. The van der Waals surface area contributed by atoms with Gasteiger partial charge in [0.15, 0.2) is 0 Å². The second kappa shape index (κ2) is 68.5. The normalized spacial score (nSPS) is 11.2. The van der Waals surface area contributed by atoms with Crippen LogP contribution in [0.5, 0.6) is 0 Å². The van der Waals surface area contributed by atoms with E-state index in [4.69, 9.17) is 4.18 Å². The van der Waals surface area contributed by atoms with E-state index < -0.39 is 50.4 Å². The summed E-state index contributed by atoms with van der Waals surface area (Å²) in [5.41, 5.74) is 6.51. The Kier molecular flexibility index (Phi) is 79.4. The Morgan fingerprint density at radius 3 is 0.780 bits per heavy atom. The number of hydrogen-bond donors (Lipinski definition) is 1. The van der Waals surface area contributed by atoms with E-state index in [0.717, 1.165) is 50.7 Å². The Morgan fingerprint density at radius 2 is 0.681 bits per heavy atom. The van der Waals surface area contributed by atoms with Gasteiger partial charge in [-0.15, -0.1) is 0 Å². The average molecular weight is 1380 g/mol. The van der Waals surface area contributed by atoms with Crippen LogP contribution in [0.3, 0.4) is 0 Å². The Labute approximate surface area is 562 Å². The molecule has 0 aliphatic heterocycles. The Morgan fingerprint density at radius 1 is 0.429 bits per heavy atom. The number of rotatable bonds is 12. The van der Waals surface area contributed by atoms with Gasteiger partial charge in [0.05, 0.1) is 50.6 Å². The van der Waals surface area contributed by atoms with Gasteiger partial charge in [0.1, 0.15) is 0 Å². The molecule has 0 aromatic heterocycles. The van der Waals surface area contributed by atoms with Crippen molar-refractivity contribution >= 4 is 50.4 Å². The van der Waals surface area contributed by atoms with Crippen LogP contribution in [0, 0.1) is 46.0 Å². The monoisotopic (exact) mass is 1380 g/mol. The van der Waals surface area contributed by atoms with Crippen molar-refractivity contribution in [3.8, 4) is 0 Å². The van der Waals surface area contributed by atoms with E-state index in [2.05, 4.69) is 108 Å². The Bertz CT molecular complexity index is 2600. The zero-order chi connectivity index (χ0) is 73.2. The smallest absolute Gasteiger partial charge is 0.264 e. The van der Waals surface area contributed by atoms with Crippen LogP contribution in [0.2, 0.25) is 0 Å². The van der Waals surface area contributed by atoms with Crippen molar-refractivity contribution in [3.63, 3.8) is 0 Å². The molecule has 5 aromatic carbocycles. The summed E-state index contributed by atoms with van der Waals surface area (Å²) in [5, 5.41) is 0. The highest BCUT2D eigenvalue weighted by molar-refractivity contribution is 7.89. The minimum atomic E-state index is -3.26. The van der Waals surface area contributed by atoms with Crippen molar-refractivity contribution in [1.82, 2.24) is 9.03 Å². The lowest BCUT2D eigenvalue weighted by atomic mass is 9.98. The van der Waals surface area contributed by atoms with Crippen LogP contribution in [0.25, 0.3) is 0 Å². The van der Waals surface area contributed by atoms with E-state index >= 15 is 0 Å². The molecule has 0 atom stereocenters. The molecule has 15 nitrogen and oxygen atoms in total. The van der Waals surface area contributed by atoms with E-state index in [9.17, 15) is 42.1 Å². The molecule has 1 aliphatic carbocycles. The van der Waals surface area contributed by atoms with Gasteiger partial charge in [-0.3, -0.25) is 12.5 Å². The molecule has 20 heteroatoms. The fraction of sp³-hybridized carbons (Fsp3) is 0.577. The van der Waals surface area contributed by atoms with Gasteiger partial charge in [0, 0.05) is 19.6 Å². The molecule has 91 heavy (non-hydrogen) atoms. The predicted octanol–water partition coefficient (Wildman–Crippen LogP) is 17.9. The number of nitrogens with one attached hydrogen (secondary N) is 1. The van der Waals surface area contributed by atoms with Crippen molar-refractivity contribution in [1.29, 1.82) is 0 Å². The van der Waals surface area contributed by atoms with Crippen LogP contribution in [0.1, 0.15) is 185 Å². The van der Waals surface area contributed by atoms with E-state index in [1.54, 1.807) is 6.92 Å². The molecule has 0 heterocycles.